The van der Waals surface area contributed by atoms with E-state index in [1.807, 2.05) is 0 Å². The van der Waals surface area contributed by atoms with E-state index in [2.05, 4.69) is 44.3 Å². The summed E-state index contributed by atoms with van der Waals surface area (Å²) in [6, 6.07) is 7.13. The van der Waals surface area contributed by atoms with Crippen LogP contribution in [0.25, 0.3) is 0 Å². The summed E-state index contributed by atoms with van der Waals surface area (Å²) in [5, 5.41) is 3.55. The zero-order valence-electron chi connectivity index (χ0n) is 10.4. The maximum atomic E-state index is 5.71. The fourth-order valence-electron chi connectivity index (χ4n) is 2.19. The minimum absolute atomic E-state index is 0.248. The number of hydrogen-bond donors (Lipinski definition) is 1. The second-order valence-electron chi connectivity index (χ2n) is 4.79. The first-order valence-corrected chi connectivity index (χ1v) is 6.21. The van der Waals surface area contributed by atoms with E-state index >= 15 is 0 Å². The van der Waals surface area contributed by atoms with E-state index in [1.54, 1.807) is 0 Å². The van der Waals surface area contributed by atoms with Crippen molar-refractivity contribution in [3.05, 3.63) is 29.3 Å². The molecule has 0 amide bonds. The van der Waals surface area contributed by atoms with E-state index in [4.69, 9.17) is 4.74 Å². The average Bonchev–Trinajstić information content (AvgIpc) is 2.27. The van der Waals surface area contributed by atoms with Crippen LogP contribution in [0.1, 0.15) is 38.3 Å². The summed E-state index contributed by atoms with van der Waals surface area (Å²) in [6.07, 6.45) is 2.59. The average molecular weight is 219 g/mol. The van der Waals surface area contributed by atoms with E-state index in [9.17, 15) is 0 Å². The molecular weight excluding hydrogens is 198 g/mol. The van der Waals surface area contributed by atoms with Crippen molar-refractivity contribution < 1.29 is 4.74 Å². The van der Waals surface area contributed by atoms with Gasteiger partial charge in [-0.15, -0.1) is 0 Å². The molecular formula is C14H21NO. The van der Waals surface area contributed by atoms with Crippen LogP contribution in [-0.4, -0.2) is 12.1 Å². The highest BCUT2D eigenvalue weighted by atomic mass is 16.5. The Bertz CT molecular complexity index is 360. The van der Waals surface area contributed by atoms with Crippen LogP contribution >= 0.6 is 0 Å². The highest BCUT2D eigenvalue weighted by Crippen LogP contribution is 2.23. The van der Waals surface area contributed by atoms with Crippen LogP contribution in [0.5, 0.6) is 5.75 Å². The van der Waals surface area contributed by atoms with Crippen LogP contribution < -0.4 is 10.1 Å². The highest BCUT2D eigenvalue weighted by Gasteiger charge is 2.16. The van der Waals surface area contributed by atoms with Crippen molar-refractivity contribution in [2.24, 2.45) is 0 Å². The fraction of sp³-hybridized carbons (Fsp3) is 0.571. The Morgan fingerprint density at radius 1 is 1.38 bits per heavy atom. The monoisotopic (exact) mass is 219 g/mol. The minimum Gasteiger partial charge on any atom is -0.491 e. The second kappa shape index (κ2) is 4.88. The van der Waals surface area contributed by atoms with Gasteiger partial charge in [-0.25, -0.2) is 0 Å². The number of nitrogens with one attached hydrogen (secondary N) is 1. The summed E-state index contributed by atoms with van der Waals surface area (Å²) in [5.74, 6) is 0.991. The molecule has 0 bridgehead atoms. The smallest absolute Gasteiger partial charge is 0.120 e. The van der Waals surface area contributed by atoms with E-state index < -0.39 is 0 Å². The van der Waals surface area contributed by atoms with Gasteiger partial charge in [0.25, 0.3) is 0 Å². The number of benzene rings is 1. The van der Waals surface area contributed by atoms with Crippen molar-refractivity contribution in [3.8, 4) is 5.75 Å². The van der Waals surface area contributed by atoms with Crippen LogP contribution in [0.3, 0.4) is 0 Å². The van der Waals surface area contributed by atoms with Gasteiger partial charge in [0.1, 0.15) is 5.75 Å². The number of hydrogen-bond acceptors (Lipinski definition) is 2. The molecule has 1 aromatic rings. The molecule has 88 valence electrons. The standard InChI is InChI=1S/C14H21NO/c1-4-13-7-11-5-6-14(16-10(2)3)8-12(11)9-15-13/h5-6,8,10,13,15H,4,7,9H2,1-3H3. The van der Waals surface area contributed by atoms with Crippen molar-refractivity contribution in [2.75, 3.05) is 0 Å². The van der Waals surface area contributed by atoms with Crippen molar-refractivity contribution in [1.82, 2.24) is 5.32 Å². The van der Waals surface area contributed by atoms with Gasteiger partial charge in [-0.2, -0.15) is 0 Å². The maximum absolute atomic E-state index is 5.71. The topological polar surface area (TPSA) is 21.3 Å². The summed E-state index contributed by atoms with van der Waals surface area (Å²) in [6.45, 7) is 7.33. The van der Waals surface area contributed by atoms with E-state index in [-0.39, 0.29) is 6.10 Å². The first-order chi connectivity index (χ1) is 7.69. The molecule has 0 aromatic heterocycles. The minimum atomic E-state index is 0.248. The fourth-order valence-corrected chi connectivity index (χ4v) is 2.19. The van der Waals surface area contributed by atoms with E-state index in [1.165, 1.54) is 17.5 Å². The molecule has 1 aromatic carbocycles. The lowest BCUT2D eigenvalue weighted by atomic mass is 9.94. The van der Waals surface area contributed by atoms with Crippen LogP contribution in [0.4, 0.5) is 0 Å². The Morgan fingerprint density at radius 2 is 2.19 bits per heavy atom. The van der Waals surface area contributed by atoms with Gasteiger partial charge in [0.2, 0.25) is 0 Å². The zero-order chi connectivity index (χ0) is 11.5. The van der Waals surface area contributed by atoms with Crippen molar-refractivity contribution in [3.63, 3.8) is 0 Å². The molecule has 1 heterocycles. The third kappa shape index (κ3) is 2.56. The van der Waals surface area contributed by atoms with Gasteiger partial charge in [0, 0.05) is 12.6 Å². The molecule has 1 atom stereocenters. The lowest BCUT2D eigenvalue weighted by molar-refractivity contribution is 0.242. The largest absolute Gasteiger partial charge is 0.491 e. The van der Waals surface area contributed by atoms with Gasteiger partial charge in [0.15, 0.2) is 0 Å². The second-order valence-corrected chi connectivity index (χ2v) is 4.79. The highest BCUT2D eigenvalue weighted by molar-refractivity contribution is 5.37. The van der Waals surface area contributed by atoms with E-state index in [0.29, 0.717) is 6.04 Å². The van der Waals surface area contributed by atoms with Crippen molar-refractivity contribution in [1.29, 1.82) is 0 Å². The summed E-state index contributed by atoms with van der Waals surface area (Å²) in [7, 11) is 0. The van der Waals surface area contributed by atoms with Gasteiger partial charge in [0.05, 0.1) is 6.10 Å². The lowest BCUT2D eigenvalue weighted by Crippen LogP contribution is -2.34. The number of ether oxygens (including phenoxy) is 1. The van der Waals surface area contributed by atoms with Crippen LogP contribution in [0.2, 0.25) is 0 Å². The predicted molar refractivity (Wildman–Crippen MR) is 66.8 cm³/mol. The zero-order valence-corrected chi connectivity index (χ0v) is 10.4. The molecule has 1 aliphatic heterocycles. The Morgan fingerprint density at radius 3 is 2.88 bits per heavy atom. The van der Waals surface area contributed by atoms with Crippen LogP contribution in [0.15, 0.2) is 18.2 Å². The Kier molecular flexibility index (Phi) is 3.49. The molecule has 0 aliphatic carbocycles. The molecule has 2 rings (SSSR count). The summed E-state index contributed by atoms with van der Waals surface area (Å²) in [5.41, 5.74) is 2.87. The molecule has 1 aliphatic rings. The first kappa shape index (κ1) is 11.5. The molecule has 1 N–H and O–H groups in total. The van der Waals surface area contributed by atoms with Crippen molar-refractivity contribution >= 4 is 0 Å². The quantitative estimate of drug-likeness (QED) is 0.844. The van der Waals surface area contributed by atoms with Gasteiger partial charge >= 0.3 is 0 Å². The number of fused-ring (bicyclic) bond motifs is 1. The molecule has 0 fully saturated rings. The van der Waals surface area contributed by atoms with Gasteiger partial charge in [-0.1, -0.05) is 13.0 Å². The Labute approximate surface area is 98.0 Å². The van der Waals surface area contributed by atoms with Crippen molar-refractivity contribution in [2.45, 2.75) is 52.3 Å². The Hall–Kier alpha value is -1.02. The van der Waals surface area contributed by atoms with Crippen LogP contribution in [-0.2, 0) is 13.0 Å². The number of rotatable bonds is 3. The third-order valence-corrected chi connectivity index (χ3v) is 3.09. The molecule has 0 saturated heterocycles. The maximum Gasteiger partial charge on any atom is 0.120 e. The molecule has 0 spiro atoms. The molecule has 16 heavy (non-hydrogen) atoms. The Balaban J connectivity index is 2.15. The SMILES string of the molecule is CCC1Cc2ccc(OC(C)C)cc2CN1. The van der Waals surface area contributed by atoms with Gasteiger partial charge in [-0.3, -0.25) is 0 Å². The molecule has 1 unspecified atom stereocenters. The molecule has 2 heteroatoms. The molecule has 0 saturated carbocycles. The van der Waals surface area contributed by atoms with Gasteiger partial charge in [-0.05, 0) is 49.9 Å². The first-order valence-electron chi connectivity index (χ1n) is 6.21. The van der Waals surface area contributed by atoms with E-state index in [0.717, 1.165) is 18.7 Å². The molecule has 0 radical (unpaired) electrons. The predicted octanol–water partition coefficient (Wildman–Crippen LogP) is 2.90. The normalized spacial score (nSPS) is 19.6. The molecule has 2 nitrogen and oxygen atoms in total. The lowest BCUT2D eigenvalue weighted by Gasteiger charge is -2.25. The van der Waals surface area contributed by atoms with Gasteiger partial charge < -0.3 is 10.1 Å². The summed E-state index contributed by atoms with van der Waals surface area (Å²) >= 11 is 0. The summed E-state index contributed by atoms with van der Waals surface area (Å²) < 4.78 is 5.71. The summed E-state index contributed by atoms with van der Waals surface area (Å²) in [4.78, 5) is 0. The van der Waals surface area contributed by atoms with Crippen LogP contribution in [0, 0.1) is 0 Å². The third-order valence-electron chi connectivity index (χ3n) is 3.09.